The van der Waals surface area contributed by atoms with E-state index in [-0.39, 0.29) is 0 Å². The lowest BCUT2D eigenvalue weighted by Crippen LogP contribution is -2.23. The molecule has 0 bridgehead atoms. The molecule has 1 heterocycles. The molecule has 0 N–H and O–H groups in total. The van der Waals surface area contributed by atoms with Crippen LogP contribution < -0.4 is 0 Å². The van der Waals surface area contributed by atoms with Gasteiger partial charge in [0.15, 0.2) is 0 Å². The minimum absolute atomic E-state index is 0.947. The molecule has 1 heteroatoms. The normalized spacial score (nSPS) is 19.0. The fraction of sp³-hybridized carbons (Fsp3) is 0.231. The van der Waals surface area contributed by atoms with Crippen LogP contribution in [-0.2, 0) is 0 Å². The molecule has 0 aromatic heterocycles. The monoisotopic (exact) mass is 187 g/mol. The van der Waals surface area contributed by atoms with Gasteiger partial charge in [-0.1, -0.05) is 31.4 Å². The number of allylic oxidation sites excluding steroid dienone is 6. The van der Waals surface area contributed by atoms with E-state index in [1.165, 1.54) is 5.70 Å². The van der Waals surface area contributed by atoms with E-state index < -0.39 is 0 Å². The van der Waals surface area contributed by atoms with Crippen molar-refractivity contribution in [1.82, 2.24) is 4.90 Å². The lowest BCUT2D eigenvalue weighted by molar-refractivity contribution is 0.471. The predicted molar refractivity (Wildman–Crippen MR) is 62.7 cm³/mol. The molecule has 0 aromatic rings. The van der Waals surface area contributed by atoms with E-state index in [2.05, 4.69) is 43.2 Å². The standard InChI is InChI=1S/C13H17N/c1-5-11-9-10-12(6-2)14(8-4)13(11)7-3/h5-7,9-10H,1,3,8H2,2,4H3/b12-6+. The second-order valence-electron chi connectivity index (χ2n) is 3.04. The Balaban J connectivity index is 3.20. The van der Waals surface area contributed by atoms with E-state index in [9.17, 15) is 0 Å². The van der Waals surface area contributed by atoms with Crippen LogP contribution in [0.5, 0.6) is 0 Å². The van der Waals surface area contributed by atoms with Gasteiger partial charge in [0.2, 0.25) is 0 Å². The maximum absolute atomic E-state index is 3.84. The van der Waals surface area contributed by atoms with Crippen molar-refractivity contribution in [2.45, 2.75) is 13.8 Å². The van der Waals surface area contributed by atoms with Crippen LogP contribution in [0.25, 0.3) is 0 Å². The van der Waals surface area contributed by atoms with Gasteiger partial charge >= 0.3 is 0 Å². The fourth-order valence-corrected chi connectivity index (χ4v) is 1.65. The van der Waals surface area contributed by atoms with Crippen molar-refractivity contribution < 1.29 is 0 Å². The van der Waals surface area contributed by atoms with Gasteiger partial charge in [0, 0.05) is 17.9 Å². The van der Waals surface area contributed by atoms with Crippen molar-refractivity contribution in [2.75, 3.05) is 6.54 Å². The van der Waals surface area contributed by atoms with Crippen LogP contribution in [0.4, 0.5) is 0 Å². The summed E-state index contributed by atoms with van der Waals surface area (Å²) < 4.78 is 0. The van der Waals surface area contributed by atoms with E-state index in [0.717, 1.165) is 17.8 Å². The summed E-state index contributed by atoms with van der Waals surface area (Å²) in [5.74, 6) is 0. The van der Waals surface area contributed by atoms with Crippen molar-refractivity contribution >= 4 is 0 Å². The molecule has 0 saturated carbocycles. The smallest absolute Gasteiger partial charge is 0.0477 e. The minimum atomic E-state index is 0.947. The van der Waals surface area contributed by atoms with Crippen molar-refractivity contribution in [3.05, 3.63) is 60.5 Å². The molecule has 0 amide bonds. The average molecular weight is 187 g/mol. The van der Waals surface area contributed by atoms with Crippen molar-refractivity contribution in [2.24, 2.45) is 0 Å². The second kappa shape index (κ2) is 4.66. The Kier molecular flexibility index (Phi) is 3.52. The van der Waals surface area contributed by atoms with E-state index in [1.54, 1.807) is 0 Å². The third-order valence-electron chi connectivity index (χ3n) is 2.36. The van der Waals surface area contributed by atoms with Gasteiger partial charge in [-0.25, -0.2) is 0 Å². The van der Waals surface area contributed by atoms with Crippen molar-refractivity contribution in [3.8, 4) is 0 Å². The molecule has 0 atom stereocenters. The first-order valence-electron chi connectivity index (χ1n) is 4.89. The van der Waals surface area contributed by atoms with Crippen LogP contribution in [0, 0.1) is 0 Å². The summed E-state index contributed by atoms with van der Waals surface area (Å²) in [6.45, 7) is 12.8. The maximum Gasteiger partial charge on any atom is 0.0477 e. The quantitative estimate of drug-likeness (QED) is 0.654. The lowest BCUT2D eigenvalue weighted by Gasteiger charge is -2.29. The zero-order valence-electron chi connectivity index (χ0n) is 8.96. The second-order valence-corrected chi connectivity index (χ2v) is 3.04. The summed E-state index contributed by atoms with van der Waals surface area (Å²) in [4.78, 5) is 2.23. The Hall–Kier alpha value is -1.50. The molecular weight excluding hydrogens is 170 g/mol. The third kappa shape index (κ3) is 1.72. The van der Waals surface area contributed by atoms with Gasteiger partial charge in [0.05, 0.1) is 0 Å². The first-order valence-corrected chi connectivity index (χ1v) is 4.89. The number of nitrogens with zero attached hydrogens (tertiary/aromatic N) is 1. The number of likely N-dealkylation sites (N-methyl/N-ethyl adjacent to an activating group) is 1. The molecule has 0 saturated heterocycles. The molecule has 14 heavy (non-hydrogen) atoms. The number of hydrogen-bond acceptors (Lipinski definition) is 1. The highest BCUT2D eigenvalue weighted by atomic mass is 15.1. The summed E-state index contributed by atoms with van der Waals surface area (Å²) in [6, 6.07) is 0. The van der Waals surface area contributed by atoms with Crippen LogP contribution >= 0.6 is 0 Å². The first kappa shape index (κ1) is 10.6. The van der Waals surface area contributed by atoms with E-state index >= 15 is 0 Å². The summed E-state index contributed by atoms with van der Waals surface area (Å²) in [7, 11) is 0. The van der Waals surface area contributed by atoms with E-state index in [0.29, 0.717) is 0 Å². The molecule has 1 rings (SSSR count). The molecule has 74 valence electrons. The molecular formula is C13H17N. The Morgan fingerprint density at radius 2 is 2.00 bits per heavy atom. The zero-order valence-corrected chi connectivity index (χ0v) is 8.96. The molecule has 1 nitrogen and oxygen atoms in total. The van der Waals surface area contributed by atoms with Gasteiger partial charge in [-0.3, -0.25) is 0 Å². The summed E-state index contributed by atoms with van der Waals surface area (Å²) in [5.41, 5.74) is 3.48. The zero-order chi connectivity index (χ0) is 10.6. The molecule has 0 radical (unpaired) electrons. The summed E-state index contributed by atoms with van der Waals surface area (Å²) in [6.07, 6.45) is 10.0. The molecule has 0 unspecified atom stereocenters. The van der Waals surface area contributed by atoms with Gasteiger partial charge in [-0.05, 0) is 31.6 Å². The third-order valence-corrected chi connectivity index (χ3v) is 2.36. The molecule has 0 aromatic carbocycles. The average Bonchev–Trinajstić information content (AvgIpc) is 2.26. The van der Waals surface area contributed by atoms with Gasteiger partial charge in [0.1, 0.15) is 0 Å². The van der Waals surface area contributed by atoms with Gasteiger partial charge < -0.3 is 4.90 Å². The topological polar surface area (TPSA) is 3.24 Å². The summed E-state index contributed by atoms with van der Waals surface area (Å²) in [5, 5.41) is 0. The first-order chi connectivity index (χ1) is 6.78. The number of hydrogen-bond donors (Lipinski definition) is 0. The summed E-state index contributed by atoms with van der Waals surface area (Å²) >= 11 is 0. The number of rotatable bonds is 3. The lowest BCUT2D eigenvalue weighted by atomic mass is 10.1. The van der Waals surface area contributed by atoms with Gasteiger partial charge in [-0.15, -0.1) is 0 Å². The van der Waals surface area contributed by atoms with Crippen LogP contribution in [0.3, 0.4) is 0 Å². The van der Waals surface area contributed by atoms with Crippen LogP contribution in [-0.4, -0.2) is 11.4 Å². The largest absolute Gasteiger partial charge is 0.342 e. The predicted octanol–water partition coefficient (Wildman–Crippen LogP) is 3.41. The maximum atomic E-state index is 3.84. The van der Waals surface area contributed by atoms with Crippen molar-refractivity contribution in [3.63, 3.8) is 0 Å². The Labute approximate surface area is 86.4 Å². The van der Waals surface area contributed by atoms with E-state index in [1.807, 2.05) is 19.1 Å². The van der Waals surface area contributed by atoms with Crippen molar-refractivity contribution in [1.29, 1.82) is 0 Å². The van der Waals surface area contributed by atoms with E-state index in [4.69, 9.17) is 0 Å². The highest BCUT2D eigenvalue weighted by molar-refractivity contribution is 5.47. The van der Waals surface area contributed by atoms with Crippen LogP contribution in [0.1, 0.15) is 13.8 Å². The Bertz CT molecular complexity index is 329. The van der Waals surface area contributed by atoms with Crippen LogP contribution in [0.15, 0.2) is 60.5 Å². The molecule has 0 fully saturated rings. The van der Waals surface area contributed by atoms with Crippen LogP contribution in [0.2, 0.25) is 0 Å². The molecule has 1 aliphatic rings. The molecule has 1 aliphatic heterocycles. The highest BCUT2D eigenvalue weighted by Gasteiger charge is 2.13. The van der Waals surface area contributed by atoms with Gasteiger partial charge in [0.25, 0.3) is 0 Å². The fourth-order valence-electron chi connectivity index (χ4n) is 1.65. The molecule has 0 spiro atoms. The molecule has 0 aliphatic carbocycles. The Morgan fingerprint density at radius 1 is 1.29 bits per heavy atom. The highest BCUT2D eigenvalue weighted by Crippen LogP contribution is 2.24. The minimum Gasteiger partial charge on any atom is -0.342 e. The Morgan fingerprint density at radius 3 is 2.43 bits per heavy atom. The SMILES string of the molecule is C=CC1=C(C=C)N(CC)/C(=C/C)C=C1. The van der Waals surface area contributed by atoms with Gasteiger partial charge in [-0.2, -0.15) is 0 Å².